The van der Waals surface area contributed by atoms with Crippen molar-refractivity contribution in [2.45, 2.75) is 32.6 Å². The van der Waals surface area contributed by atoms with Crippen LogP contribution in [-0.2, 0) is 17.6 Å². The van der Waals surface area contributed by atoms with Crippen molar-refractivity contribution in [3.05, 3.63) is 42.0 Å². The van der Waals surface area contributed by atoms with Gasteiger partial charge in [0.1, 0.15) is 0 Å². The number of benzene rings is 1. The molecule has 0 atom stereocenters. The van der Waals surface area contributed by atoms with Gasteiger partial charge in [0, 0.05) is 64.2 Å². The van der Waals surface area contributed by atoms with E-state index in [1.165, 1.54) is 5.69 Å². The standard InChI is InChI=1S/C20H29N5O2/c1-2-18-22-20(27-23-18)10-6-9-19(26)21-11-12-24-13-15-25(16-14-24)17-7-4-3-5-8-17/h3-5,7-8H,2,6,9-16H2,1H3,(H,21,26). The molecule has 1 fully saturated rings. The molecule has 0 radical (unpaired) electrons. The van der Waals surface area contributed by atoms with Crippen molar-refractivity contribution >= 4 is 11.6 Å². The van der Waals surface area contributed by atoms with Gasteiger partial charge in [-0.25, -0.2) is 0 Å². The van der Waals surface area contributed by atoms with Gasteiger partial charge in [0.15, 0.2) is 5.82 Å². The van der Waals surface area contributed by atoms with Gasteiger partial charge in [-0.05, 0) is 18.6 Å². The van der Waals surface area contributed by atoms with Gasteiger partial charge < -0.3 is 14.7 Å². The molecule has 1 aliphatic rings. The van der Waals surface area contributed by atoms with Crippen molar-refractivity contribution in [2.75, 3.05) is 44.2 Å². The number of carbonyl (C=O) groups excluding carboxylic acids is 1. The third-order valence-electron chi connectivity index (χ3n) is 4.86. The summed E-state index contributed by atoms with van der Waals surface area (Å²) in [6.07, 6.45) is 2.64. The smallest absolute Gasteiger partial charge is 0.226 e. The summed E-state index contributed by atoms with van der Waals surface area (Å²) in [5, 5.41) is 6.88. The minimum Gasteiger partial charge on any atom is -0.369 e. The fraction of sp³-hybridized carbons (Fsp3) is 0.550. The van der Waals surface area contributed by atoms with E-state index >= 15 is 0 Å². The van der Waals surface area contributed by atoms with E-state index in [0.29, 0.717) is 25.3 Å². The lowest BCUT2D eigenvalue weighted by Crippen LogP contribution is -2.48. The second kappa shape index (κ2) is 10.1. The molecule has 146 valence electrons. The maximum atomic E-state index is 12.0. The van der Waals surface area contributed by atoms with Crippen molar-refractivity contribution in [1.29, 1.82) is 0 Å². The highest BCUT2D eigenvalue weighted by Crippen LogP contribution is 2.15. The molecular formula is C20H29N5O2. The summed E-state index contributed by atoms with van der Waals surface area (Å²) in [5.41, 5.74) is 1.29. The van der Waals surface area contributed by atoms with Crippen LogP contribution in [0.25, 0.3) is 0 Å². The number of hydrogen-bond acceptors (Lipinski definition) is 6. The SMILES string of the molecule is CCc1noc(CCCC(=O)NCCN2CCN(c3ccccc3)CC2)n1. The molecule has 1 saturated heterocycles. The zero-order valence-corrected chi connectivity index (χ0v) is 16.1. The Morgan fingerprint density at radius 1 is 1.19 bits per heavy atom. The maximum absolute atomic E-state index is 12.0. The van der Waals surface area contributed by atoms with Crippen LogP contribution >= 0.6 is 0 Å². The molecule has 0 aliphatic carbocycles. The van der Waals surface area contributed by atoms with Crippen LogP contribution in [0.3, 0.4) is 0 Å². The second-order valence-corrected chi connectivity index (χ2v) is 6.83. The molecule has 1 aliphatic heterocycles. The van der Waals surface area contributed by atoms with Crippen LogP contribution < -0.4 is 10.2 Å². The van der Waals surface area contributed by atoms with E-state index in [1.54, 1.807) is 0 Å². The van der Waals surface area contributed by atoms with Gasteiger partial charge in [0.2, 0.25) is 11.8 Å². The van der Waals surface area contributed by atoms with Crippen LogP contribution in [0.4, 0.5) is 5.69 Å². The van der Waals surface area contributed by atoms with Gasteiger partial charge in [-0.2, -0.15) is 4.98 Å². The maximum Gasteiger partial charge on any atom is 0.226 e. The number of para-hydroxylation sites is 1. The number of aryl methyl sites for hydroxylation is 2. The first-order valence-corrected chi connectivity index (χ1v) is 9.85. The molecule has 0 spiro atoms. The van der Waals surface area contributed by atoms with E-state index in [-0.39, 0.29) is 5.91 Å². The van der Waals surface area contributed by atoms with Gasteiger partial charge in [-0.15, -0.1) is 0 Å². The molecule has 1 N–H and O–H groups in total. The van der Waals surface area contributed by atoms with E-state index in [0.717, 1.165) is 51.4 Å². The number of piperazine rings is 1. The monoisotopic (exact) mass is 371 g/mol. The van der Waals surface area contributed by atoms with Crippen molar-refractivity contribution in [2.24, 2.45) is 0 Å². The van der Waals surface area contributed by atoms with E-state index in [2.05, 4.69) is 49.5 Å². The topological polar surface area (TPSA) is 74.5 Å². The Labute approximate surface area is 160 Å². The van der Waals surface area contributed by atoms with Crippen LogP contribution in [0.2, 0.25) is 0 Å². The molecule has 0 unspecified atom stereocenters. The van der Waals surface area contributed by atoms with Crippen LogP contribution in [-0.4, -0.2) is 60.2 Å². The number of aromatic nitrogens is 2. The average Bonchev–Trinajstić information content (AvgIpc) is 3.17. The number of rotatable bonds is 9. The molecule has 27 heavy (non-hydrogen) atoms. The van der Waals surface area contributed by atoms with Crippen molar-refractivity contribution in [1.82, 2.24) is 20.4 Å². The summed E-state index contributed by atoms with van der Waals surface area (Å²) >= 11 is 0. The Hall–Kier alpha value is -2.41. The molecule has 7 heteroatoms. The number of amides is 1. The lowest BCUT2D eigenvalue weighted by atomic mass is 10.2. The lowest BCUT2D eigenvalue weighted by molar-refractivity contribution is -0.121. The first kappa shape index (κ1) is 19.4. The predicted molar refractivity (Wildman–Crippen MR) is 105 cm³/mol. The van der Waals surface area contributed by atoms with Crippen LogP contribution in [0.15, 0.2) is 34.9 Å². The third kappa shape index (κ3) is 6.06. The summed E-state index contributed by atoms with van der Waals surface area (Å²) in [6, 6.07) is 10.5. The van der Waals surface area contributed by atoms with Gasteiger partial charge in [-0.3, -0.25) is 9.69 Å². The molecule has 0 bridgehead atoms. The predicted octanol–water partition coefficient (Wildman–Crippen LogP) is 1.89. The third-order valence-corrected chi connectivity index (χ3v) is 4.86. The van der Waals surface area contributed by atoms with Crippen LogP contribution in [0.1, 0.15) is 31.5 Å². The highest BCUT2D eigenvalue weighted by molar-refractivity contribution is 5.75. The first-order valence-electron chi connectivity index (χ1n) is 9.85. The summed E-state index contributed by atoms with van der Waals surface area (Å²) in [6.45, 7) is 7.71. The van der Waals surface area contributed by atoms with E-state index in [1.807, 2.05) is 13.0 Å². The summed E-state index contributed by atoms with van der Waals surface area (Å²) < 4.78 is 5.13. The minimum atomic E-state index is 0.0909. The Bertz CT molecular complexity index is 695. The highest BCUT2D eigenvalue weighted by Gasteiger charge is 2.16. The van der Waals surface area contributed by atoms with Gasteiger partial charge >= 0.3 is 0 Å². The van der Waals surface area contributed by atoms with Crippen molar-refractivity contribution in [3.63, 3.8) is 0 Å². The molecule has 3 rings (SSSR count). The fourth-order valence-electron chi connectivity index (χ4n) is 3.25. The van der Waals surface area contributed by atoms with Gasteiger partial charge in [0.05, 0.1) is 0 Å². The zero-order chi connectivity index (χ0) is 18.9. The molecular weight excluding hydrogens is 342 g/mol. The van der Waals surface area contributed by atoms with Crippen molar-refractivity contribution in [3.8, 4) is 0 Å². The number of nitrogens with one attached hydrogen (secondary N) is 1. The minimum absolute atomic E-state index is 0.0909. The molecule has 1 aromatic carbocycles. The molecule has 7 nitrogen and oxygen atoms in total. The van der Waals surface area contributed by atoms with Crippen LogP contribution in [0.5, 0.6) is 0 Å². The average molecular weight is 371 g/mol. The van der Waals surface area contributed by atoms with E-state index in [4.69, 9.17) is 4.52 Å². The second-order valence-electron chi connectivity index (χ2n) is 6.83. The Balaban J connectivity index is 1.26. The molecule has 2 aromatic rings. The number of hydrogen-bond donors (Lipinski definition) is 1. The lowest BCUT2D eigenvalue weighted by Gasteiger charge is -2.36. The largest absolute Gasteiger partial charge is 0.369 e. The summed E-state index contributed by atoms with van der Waals surface area (Å²) in [7, 11) is 0. The number of nitrogens with zero attached hydrogens (tertiary/aromatic N) is 4. The molecule has 2 heterocycles. The Morgan fingerprint density at radius 3 is 2.67 bits per heavy atom. The van der Waals surface area contributed by atoms with Crippen molar-refractivity contribution < 1.29 is 9.32 Å². The van der Waals surface area contributed by atoms with E-state index in [9.17, 15) is 4.79 Å². The first-order chi connectivity index (χ1) is 13.2. The Kier molecular flexibility index (Phi) is 7.21. The van der Waals surface area contributed by atoms with Gasteiger partial charge in [0.25, 0.3) is 0 Å². The number of anilines is 1. The fourth-order valence-corrected chi connectivity index (χ4v) is 3.25. The molecule has 0 saturated carbocycles. The number of carbonyl (C=O) groups is 1. The van der Waals surface area contributed by atoms with Gasteiger partial charge in [-0.1, -0.05) is 30.3 Å². The normalized spacial score (nSPS) is 15.1. The zero-order valence-electron chi connectivity index (χ0n) is 16.1. The van der Waals surface area contributed by atoms with E-state index < -0.39 is 0 Å². The molecule has 1 amide bonds. The van der Waals surface area contributed by atoms with Crippen LogP contribution in [0, 0.1) is 0 Å². The molecule has 1 aromatic heterocycles. The quantitative estimate of drug-likeness (QED) is 0.726. The summed E-state index contributed by atoms with van der Waals surface area (Å²) in [5.74, 6) is 1.44. The summed E-state index contributed by atoms with van der Waals surface area (Å²) in [4.78, 5) is 21.0. The highest BCUT2D eigenvalue weighted by atomic mass is 16.5. The Morgan fingerprint density at radius 2 is 1.96 bits per heavy atom.